The summed E-state index contributed by atoms with van der Waals surface area (Å²) in [6.07, 6.45) is 3.31. The van der Waals surface area contributed by atoms with Gasteiger partial charge in [0.15, 0.2) is 5.13 Å². The van der Waals surface area contributed by atoms with Gasteiger partial charge in [-0.25, -0.2) is 4.98 Å². The van der Waals surface area contributed by atoms with E-state index >= 15 is 0 Å². The molecule has 0 saturated heterocycles. The Morgan fingerprint density at radius 1 is 1.12 bits per heavy atom. The van der Waals surface area contributed by atoms with E-state index in [0.717, 1.165) is 10.3 Å². The van der Waals surface area contributed by atoms with Gasteiger partial charge < -0.3 is 9.47 Å². The Morgan fingerprint density at radius 2 is 1.88 bits per heavy atom. The van der Waals surface area contributed by atoms with E-state index in [-0.39, 0.29) is 17.8 Å². The predicted molar refractivity (Wildman–Crippen MR) is 125 cm³/mol. The van der Waals surface area contributed by atoms with Crippen LogP contribution in [-0.2, 0) is 6.54 Å². The summed E-state index contributed by atoms with van der Waals surface area (Å²) >= 11 is 1.28. The van der Waals surface area contributed by atoms with Crippen LogP contribution in [0.5, 0.6) is 11.5 Å². The molecular formula is C23H20N4O5S. The molecule has 0 aliphatic rings. The van der Waals surface area contributed by atoms with Crippen molar-refractivity contribution in [3.8, 4) is 11.5 Å². The molecule has 168 valence electrons. The number of carbonyl (C=O) groups is 1. The topological polar surface area (TPSA) is 108 Å². The van der Waals surface area contributed by atoms with Gasteiger partial charge in [0.05, 0.1) is 25.7 Å². The van der Waals surface area contributed by atoms with Gasteiger partial charge in [-0.15, -0.1) is 0 Å². The molecule has 0 bridgehead atoms. The Balaban J connectivity index is 1.87. The molecule has 2 aromatic heterocycles. The summed E-state index contributed by atoms with van der Waals surface area (Å²) in [5, 5.41) is 11.8. The van der Waals surface area contributed by atoms with Gasteiger partial charge in [0.2, 0.25) is 0 Å². The average Bonchev–Trinajstić information content (AvgIpc) is 3.27. The monoisotopic (exact) mass is 464 g/mol. The van der Waals surface area contributed by atoms with Crippen LogP contribution in [0.1, 0.15) is 21.5 Å². The first-order valence-electron chi connectivity index (χ1n) is 9.91. The Bertz CT molecular complexity index is 1300. The van der Waals surface area contributed by atoms with Gasteiger partial charge >= 0.3 is 0 Å². The van der Waals surface area contributed by atoms with Crippen molar-refractivity contribution in [2.45, 2.75) is 13.5 Å². The normalized spacial score (nSPS) is 10.8. The Morgan fingerprint density at radius 3 is 2.55 bits per heavy atom. The zero-order valence-corrected chi connectivity index (χ0v) is 19.0. The highest BCUT2D eigenvalue weighted by molar-refractivity contribution is 7.22. The van der Waals surface area contributed by atoms with Gasteiger partial charge in [0.1, 0.15) is 21.7 Å². The van der Waals surface area contributed by atoms with E-state index in [0.29, 0.717) is 27.7 Å². The van der Waals surface area contributed by atoms with Crippen LogP contribution >= 0.6 is 11.3 Å². The Kier molecular flexibility index (Phi) is 6.18. The van der Waals surface area contributed by atoms with Gasteiger partial charge in [0, 0.05) is 29.6 Å². The van der Waals surface area contributed by atoms with Crippen molar-refractivity contribution in [1.29, 1.82) is 0 Å². The van der Waals surface area contributed by atoms with Crippen LogP contribution in [0.2, 0.25) is 0 Å². The van der Waals surface area contributed by atoms with Crippen LogP contribution in [0.4, 0.5) is 10.8 Å². The molecule has 0 atom stereocenters. The average molecular weight is 465 g/mol. The molecule has 0 saturated carbocycles. The van der Waals surface area contributed by atoms with E-state index in [1.807, 2.05) is 6.07 Å². The van der Waals surface area contributed by atoms with Crippen molar-refractivity contribution < 1.29 is 19.2 Å². The minimum atomic E-state index is -0.495. The van der Waals surface area contributed by atoms with E-state index in [1.165, 1.54) is 28.4 Å². The smallest absolute Gasteiger partial charge is 0.273 e. The number of methoxy groups -OCH3 is 2. The number of thiazole rings is 1. The molecule has 0 aliphatic heterocycles. The van der Waals surface area contributed by atoms with Gasteiger partial charge in [-0.1, -0.05) is 23.5 Å². The molecule has 0 aliphatic carbocycles. The van der Waals surface area contributed by atoms with Crippen molar-refractivity contribution in [1.82, 2.24) is 9.97 Å². The van der Waals surface area contributed by atoms with Gasteiger partial charge in [-0.2, -0.15) is 0 Å². The maximum absolute atomic E-state index is 13.7. The quantitative estimate of drug-likeness (QED) is 0.286. The molecule has 1 amide bonds. The van der Waals surface area contributed by atoms with Crippen molar-refractivity contribution in [3.63, 3.8) is 0 Å². The summed E-state index contributed by atoms with van der Waals surface area (Å²) in [4.78, 5) is 35.0. The first kappa shape index (κ1) is 22.2. The number of nitrogens with zero attached hydrogens (tertiary/aromatic N) is 4. The number of amides is 1. The third-order valence-electron chi connectivity index (χ3n) is 5.17. The summed E-state index contributed by atoms with van der Waals surface area (Å²) in [6, 6.07) is 11.6. The fourth-order valence-electron chi connectivity index (χ4n) is 3.49. The number of hydrogen-bond donors (Lipinski definition) is 0. The third kappa shape index (κ3) is 4.20. The lowest BCUT2D eigenvalue weighted by Crippen LogP contribution is -2.31. The SMILES string of the molecule is COc1ccc(OC)c2sc(N(Cc3cccnc3)C(=O)c3cccc([N+](=O)[O-])c3C)nc12. The van der Waals surface area contributed by atoms with E-state index < -0.39 is 10.8 Å². The summed E-state index contributed by atoms with van der Waals surface area (Å²) in [7, 11) is 3.11. The van der Waals surface area contributed by atoms with Crippen molar-refractivity contribution >= 4 is 38.3 Å². The van der Waals surface area contributed by atoms with Crippen LogP contribution in [0, 0.1) is 17.0 Å². The Labute approximate surface area is 193 Å². The second kappa shape index (κ2) is 9.21. The van der Waals surface area contributed by atoms with Gasteiger partial charge in [-0.3, -0.25) is 24.8 Å². The number of hydrogen-bond acceptors (Lipinski definition) is 8. The number of fused-ring (bicyclic) bond motifs is 1. The molecule has 2 heterocycles. The highest BCUT2D eigenvalue weighted by Gasteiger charge is 2.27. The van der Waals surface area contributed by atoms with Crippen LogP contribution < -0.4 is 14.4 Å². The molecule has 9 nitrogen and oxygen atoms in total. The van der Waals surface area contributed by atoms with Gasteiger partial charge in [-0.05, 0) is 36.8 Å². The molecule has 4 aromatic rings. The van der Waals surface area contributed by atoms with E-state index in [2.05, 4.69) is 9.97 Å². The largest absolute Gasteiger partial charge is 0.495 e. The first-order chi connectivity index (χ1) is 15.9. The van der Waals surface area contributed by atoms with E-state index in [9.17, 15) is 14.9 Å². The molecule has 0 unspecified atom stereocenters. The van der Waals surface area contributed by atoms with E-state index in [4.69, 9.17) is 9.47 Å². The van der Waals surface area contributed by atoms with Crippen LogP contribution in [0.25, 0.3) is 10.2 Å². The number of rotatable bonds is 7. The molecule has 10 heteroatoms. The van der Waals surface area contributed by atoms with Crippen molar-refractivity contribution in [2.24, 2.45) is 0 Å². The first-order valence-corrected chi connectivity index (χ1v) is 10.7. The minimum Gasteiger partial charge on any atom is -0.495 e. The predicted octanol–water partition coefficient (Wildman–Crippen LogP) is 4.77. The lowest BCUT2D eigenvalue weighted by molar-refractivity contribution is -0.385. The summed E-state index contributed by atoms with van der Waals surface area (Å²) < 4.78 is 11.6. The highest BCUT2D eigenvalue weighted by Crippen LogP contribution is 2.41. The molecule has 0 N–H and O–H groups in total. The number of carbonyl (C=O) groups excluding carboxylic acids is 1. The zero-order chi connectivity index (χ0) is 23.5. The molecule has 0 fully saturated rings. The summed E-state index contributed by atoms with van der Waals surface area (Å²) in [6.45, 7) is 1.75. The standard InChI is InChI=1S/C23H20N4O5S/c1-14-16(7-4-8-17(14)27(29)30)22(28)26(13-15-6-5-11-24-12-15)23-25-20-18(31-2)9-10-19(32-3)21(20)33-23/h4-12H,13H2,1-3H3. The van der Waals surface area contributed by atoms with Crippen molar-refractivity contribution in [3.05, 3.63) is 81.7 Å². The number of nitro groups is 1. The number of anilines is 1. The molecule has 4 rings (SSSR count). The molecule has 2 aromatic carbocycles. The number of pyridine rings is 1. The molecule has 0 spiro atoms. The minimum absolute atomic E-state index is 0.116. The molecule has 0 radical (unpaired) electrons. The van der Waals surface area contributed by atoms with Gasteiger partial charge in [0.25, 0.3) is 11.6 Å². The molecule has 33 heavy (non-hydrogen) atoms. The Hall–Kier alpha value is -4.05. The second-order valence-electron chi connectivity index (χ2n) is 7.10. The number of nitro benzene ring substituents is 1. The van der Waals surface area contributed by atoms with E-state index in [1.54, 1.807) is 57.8 Å². The fourth-order valence-corrected chi connectivity index (χ4v) is 4.56. The number of ether oxygens (including phenoxy) is 2. The maximum Gasteiger partial charge on any atom is 0.273 e. The zero-order valence-electron chi connectivity index (χ0n) is 18.1. The lowest BCUT2D eigenvalue weighted by atomic mass is 10.1. The van der Waals surface area contributed by atoms with Crippen molar-refractivity contribution in [2.75, 3.05) is 19.1 Å². The number of benzene rings is 2. The number of aromatic nitrogens is 2. The van der Waals surface area contributed by atoms with Crippen LogP contribution in [0.15, 0.2) is 54.9 Å². The lowest BCUT2D eigenvalue weighted by Gasteiger charge is -2.21. The second-order valence-corrected chi connectivity index (χ2v) is 8.08. The summed E-state index contributed by atoms with van der Waals surface area (Å²) in [5.74, 6) is 0.750. The fraction of sp³-hybridized carbons (Fsp3) is 0.174. The van der Waals surface area contributed by atoms with Crippen LogP contribution in [0.3, 0.4) is 0 Å². The van der Waals surface area contributed by atoms with Crippen LogP contribution in [-0.4, -0.2) is 35.0 Å². The maximum atomic E-state index is 13.7. The highest BCUT2D eigenvalue weighted by atomic mass is 32.1. The summed E-state index contributed by atoms with van der Waals surface area (Å²) in [5.41, 5.74) is 1.75. The third-order valence-corrected chi connectivity index (χ3v) is 6.26. The molecular weight excluding hydrogens is 444 g/mol.